The molecule has 2 aromatic rings. The van der Waals surface area contributed by atoms with Gasteiger partial charge >= 0.3 is 0 Å². The van der Waals surface area contributed by atoms with Crippen molar-refractivity contribution in [2.75, 3.05) is 0 Å². The first-order chi connectivity index (χ1) is 7.65. The first kappa shape index (κ1) is 11.1. The summed E-state index contributed by atoms with van der Waals surface area (Å²) in [4.78, 5) is 11.0. The van der Waals surface area contributed by atoms with Crippen LogP contribution in [0.25, 0.3) is 0 Å². The van der Waals surface area contributed by atoms with Gasteiger partial charge in [0.25, 0.3) is 0 Å². The van der Waals surface area contributed by atoms with E-state index < -0.39 is 5.91 Å². The van der Waals surface area contributed by atoms with E-state index in [-0.39, 0.29) is 0 Å². The lowest BCUT2D eigenvalue weighted by atomic mass is 10.1. The summed E-state index contributed by atoms with van der Waals surface area (Å²) in [5.41, 5.74) is 6.75. The summed E-state index contributed by atoms with van der Waals surface area (Å²) in [5, 5.41) is 4.18. The summed E-state index contributed by atoms with van der Waals surface area (Å²) in [5.74, 6) is -0.406. The van der Waals surface area contributed by atoms with Crippen molar-refractivity contribution in [3.05, 3.63) is 51.4 Å². The van der Waals surface area contributed by atoms with Crippen molar-refractivity contribution in [1.82, 2.24) is 9.78 Å². The number of carbonyl (C=O) groups is 1. The predicted octanol–water partition coefficient (Wildman–Crippen LogP) is 1.63. The average Bonchev–Trinajstić information content (AvgIpc) is 2.64. The summed E-state index contributed by atoms with van der Waals surface area (Å²) >= 11 is 2.20. The van der Waals surface area contributed by atoms with Crippen molar-refractivity contribution >= 4 is 28.5 Å². The molecule has 0 saturated carbocycles. The highest BCUT2D eigenvalue weighted by molar-refractivity contribution is 14.1. The number of halogens is 1. The molecule has 0 bridgehead atoms. The molecule has 1 aromatic heterocycles. The van der Waals surface area contributed by atoms with Gasteiger partial charge in [-0.05, 0) is 40.3 Å². The molecule has 0 fully saturated rings. The Morgan fingerprint density at radius 3 is 2.94 bits per heavy atom. The third-order valence-electron chi connectivity index (χ3n) is 2.16. The fraction of sp³-hybridized carbons (Fsp3) is 0.0909. The van der Waals surface area contributed by atoms with Crippen LogP contribution >= 0.6 is 22.6 Å². The highest BCUT2D eigenvalue weighted by Crippen LogP contribution is 2.08. The molecule has 1 amide bonds. The van der Waals surface area contributed by atoms with Crippen LogP contribution in [-0.4, -0.2) is 15.7 Å². The van der Waals surface area contributed by atoms with Gasteiger partial charge in [-0.3, -0.25) is 9.48 Å². The van der Waals surface area contributed by atoms with E-state index in [9.17, 15) is 4.79 Å². The number of hydrogen-bond donors (Lipinski definition) is 1. The normalized spacial score (nSPS) is 10.3. The van der Waals surface area contributed by atoms with Crippen LogP contribution in [0, 0.1) is 3.57 Å². The molecule has 2 rings (SSSR count). The number of amides is 1. The van der Waals surface area contributed by atoms with E-state index in [1.807, 2.05) is 23.0 Å². The predicted molar refractivity (Wildman–Crippen MR) is 69.0 cm³/mol. The molecule has 0 atom stereocenters. The molecule has 0 spiro atoms. The molecular weight excluding hydrogens is 317 g/mol. The number of nitrogens with two attached hydrogens (primary N) is 1. The number of carbonyl (C=O) groups excluding carboxylic acids is 1. The Balaban J connectivity index is 2.21. The molecule has 0 unspecified atom stereocenters. The second kappa shape index (κ2) is 4.65. The molecule has 2 N–H and O–H groups in total. The van der Waals surface area contributed by atoms with Crippen LogP contribution < -0.4 is 5.73 Å². The molecule has 4 nitrogen and oxygen atoms in total. The van der Waals surface area contributed by atoms with Crippen LogP contribution in [0.1, 0.15) is 15.9 Å². The second-order valence-electron chi connectivity index (χ2n) is 3.42. The molecule has 16 heavy (non-hydrogen) atoms. The number of rotatable bonds is 3. The van der Waals surface area contributed by atoms with Crippen molar-refractivity contribution < 1.29 is 4.79 Å². The van der Waals surface area contributed by atoms with E-state index in [1.165, 1.54) is 0 Å². The van der Waals surface area contributed by atoms with E-state index in [0.29, 0.717) is 12.1 Å². The molecule has 0 aliphatic heterocycles. The van der Waals surface area contributed by atoms with Gasteiger partial charge < -0.3 is 5.73 Å². The Labute approximate surface area is 107 Å². The summed E-state index contributed by atoms with van der Waals surface area (Å²) in [6, 6.07) is 7.26. The van der Waals surface area contributed by atoms with Crippen molar-refractivity contribution in [2.45, 2.75) is 6.54 Å². The van der Waals surface area contributed by atoms with E-state index in [4.69, 9.17) is 5.73 Å². The molecule has 0 radical (unpaired) electrons. The minimum atomic E-state index is -0.406. The lowest BCUT2D eigenvalue weighted by Crippen LogP contribution is -2.11. The highest BCUT2D eigenvalue weighted by atomic mass is 127. The Kier molecular flexibility index (Phi) is 3.23. The molecule has 5 heteroatoms. The fourth-order valence-corrected chi connectivity index (χ4v) is 1.88. The van der Waals surface area contributed by atoms with Crippen LogP contribution in [-0.2, 0) is 6.54 Å². The average molecular weight is 327 g/mol. The maximum atomic E-state index is 11.0. The van der Waals surface area contributed by atoms with Crippen LogP contribution in [0.4, 0.5) is 0 Å². The van der Waals surface area contributed by atoms with E-state index in [2.05, 4.69) is 27.7 Å². The van der Waals surface area contributed by atoms with Crippen LogP contribution in [0.3, 0.4) is 0 Å². The molecule has 0 saturated heterocycles. The Bertz CT molecular complexity index is 521. The van der Waals surface area contributed by atoms with E-state index >= 15 is 0 Å². The minimum Gasteiger partial charge on any atom is -0.366 e. The topological polar surface area (TPSA) is 60.9 Å². The second-order valence-corrected chi connectivity index (χ2v) is 4.67. The van der Waals surface area contributed by atoms with Gasteiger partial charge in [0.15, 0.2) is 0 Å². The number of benzene rings is 1. The molecule has 82 valence electrons. The van der Waals surface area contributed by atoms with Gasteiger partial charge in [-0.2, -0.15) is 5.10 Å². The monoisotopic (exact) mass is 327 g/mol. The number of nitrogens with zero attached hydrogens (tertiary/aromatic N) is 2. The largest absolute Gasteiger partial charge is 0.366 e. The Morgan fingerprint density at radius 2 is 2.31 bits per heavy atom. The number of aromatic nitrogens is 2. The zero-order valence-corrected chi connectivity index (χ0v) is 10.6. The van der Waals surface area contributed by atoms with Gasteiger partial charge in [0.1, 0.15) is 0 Å². The molecule has 0 aliphatic carbocycles. The van der Waals surface area contributed by atoms with Crippen molar-refractivity contribution in [3.8, 4) is 0 Å². The Hall–Kier alpha value is -1.37. The summed E-state index contributed by atoms with van der Waals surface area (Å²) in [7, 11) is 0. The molecule has 1 heterocycles. The summed E-state index contributed by atoms with van der Waals surface area (Å²) in [6.45, 7) is 0.643. The van der Waals surface area contributed by atoms with Gasteiger partial charge in [-0.1, -0.05) is 12.1 Å². The molecule has 1 aromatic carbocycles. The molecule has 0 aliphatic rings. The Morgan fingerprint density at radius 1 is 1.50 bits per heavy atom. The maximum Gasteiger partial charge on any atom is 0.248 e. The van der Waals surface area contributed by atoms with Gasteiger partial charge in [-0.25, -0.2) is 0 Å². The maximum absolute atomic E-state index is 11.0. The smallest absolute Gasteiger partial charge is 0.248 e. The third-order valence-corrected chi connectivity index (χ3v) is 2.71. The van der Waals surface area contributed by atoms with Crippen LogP contribution in [0.2, 0.25) is 0 Å². The van der Waals surface area contributed by atoms with Crippen LogP contribution in [0.5, 0.6) is 0 Å². The van der Waals surface area contributed by atoms with E-state index in [0.717, 1.165) is 9.13 Å². The van der Waals surface area contributed by atoms with Crippen molar-refractivity contribution in [1.29, 1.82) is 0 Å². The van der Waals surface area contributed by atoms with Crippen molar-refractivity contribution in [2.24, 2.45) is 5.73 Å². The first-order valence-corrected chi connectivity index (χ1v) is 5.80. The minimum absolute atomic E-state index is 0.406. The summed E-state index contributed by atoms with van der Waals surface area (Å²) < 4.78 is 2.91. The van der Waals surface area contributed by atoms with Crippen molar-refractivity contribution in [3.63, 3.8) is 0 Å². The number of hydrogen-bond acceptors (Lipinski definition) is 2. The quantitative estimate of drug-likeness (QED) is 0.871. The van der Waals surface area contributed by atoms with Gasteiger partial charge in [-0.15, -0.1) is 0 Å². The van der Waals surface area contributed by atoms with Crippen LogP contribution in [0.15, 0.2) is 36.7 Å². The zero-order chi connectivity index (χ0) is 11.5. The summed E-state index contributed by atoms with van der Waals surface area (Å²) in [6.07, 6.45) is 3.73. The van der Waals surface area contributed by atoms with Gasteiger partial charge in [0.05, 0.1) is 16.3 Å². The lowest BCUT2D eigenvalue weighted by Gasteiger charge is -2.03. The fourth-order valence-electron chi connectivity index (χ4n) is 1.43. The van der Waals surface area contributed by atoms with Gasteiger partial charge in [0.2, 0.25) is 5.91 Å². The lowest BCUT2D eigenvalue weighted by molar-refractivity contribution is 0.1000. The third kappa shape index (κ3) is 2.60. The highest BCUT2D eigenvalue weighted by Gasteiger charge is 2.02. The molecular formula is C11H10IN3O. The first-order valence-electron chi connectivity index (χ1n) is 4.72. The number of primary amides is 1. The van der Waals surface area contributed by atoms with E-state index in [1.54, 1.807) is 18.3 Å². The SMILES string of the molecule is NC(=O)c1cccc(Cn2cc(I)cn2)c1. The zero-order valence-electron chi connectivity index (χ0n) is 8.43. The standard InChI is InChI=1S/C11H10IN3O/c12-10-5-14-15(7-10)6-8-2-1-3-9(4-8)11(13)16/h1-5,7H,6H2,(H2,13,16). The van der Waals surface area contributed by atoms with Gasteiger partial charge in [0, 0.05) is 11.8 Å².